The van der Waals surface area contributed by atoms with Crippen molar-refractivity contribution < 1.29 is 13.2 Å². The number of hydrogen-bond acceptors (Lipinski definition) is 3. The van der Waals surface area contributed by atoms with Gasteiger partial charge in [-0.3, -0.25) is 4.79 Å². The second-order valence-corrected chi connectivity index (χ2v) is 8.92. The normalized spacial score (nSPS) is 19.3. The first-order valence-electron chi connectivity index (χ1n) is 9.41. The lowest BCUT2D eigenvalue weighted by molar-refractivity contribution is -0.143. The molecule has 1 aliphatic rings. The second kappa shape index (κ2) is 7.68. The van der Waals surface area contributed by atoms with E-state index >= 15 is 0 Å². The van der Waals surface area contributed by atoms with Gasteiger partial charge in [-0.1, -0.05) is 90.5 Å². The Bertz CT molecular complexity index is 1140. The van der Waals surface area contributed by atoms with Gasteiger partial charge in [0.1, 0.15) is 0 Å². The van der Waals surface area contributed by atoms with Crippen LogP contribution in [0.2, 0.25) is 0 Å². The highest BCUT2D eigenvalue weighted by Gasteiger charge is 2.53. The summed E-state index contributed by atoms with van der Waals surface area (Å²) in [6.07, 6.45) is 3.67. The zero-order valence-electron chi connectivity index (χ0n) is 16.0. The third-order valence-corrected chi connectivity index (χ3v) is 6.90. The van der Waals surface area contributed by atoms with Gasteiger partial charge in [-0.15, -0.1) is 0 Å². The van der Waals surface area contributed by atoms with Crippen LogP contribution in [0.1, 0.15) is 22.7 Å². The van der Waals surface area contributed by atoms with Gasteiger partial charge in [0.05, 0.1) is 16.9 Å². The van der Waals surface area contributed by atoms with Crippen molar-refractivity contribution >= 4 is 22.0 Å². The molecule has 0 radical (unpaired) electrons. The molecular weight excluding hydrogens is 382 g/mol. The van der Waals surface area contributed by atoms with Crippen LogP contribution in [-0.4, -0.2) is 18.6 Å². The SMILES string of the molecule is Cc1ccc(S(=O)(=O)N2C(=O)[C@@H](/C=C/c3ccccc3)[C@H]2c2ccccc2)cc1. The zero-order chi connectivity index (χ0) is 20.4. The number of aryl methyl sites for hydroxylation is 1. The molecule has 0 aromatic heterocycles. The van der Waals surface area contributed by atoms with Crippen molar-refractivity contribution in [2.24, 2.45) is 5.92 Å². The largest absolute Gasteiger partial charge is 0.273 e. The maximum atomic E-state index is 13.2. The summed E-state index contributed by atoms with van der Waals surface area (Å²) in [4.78, 5) is 13.1. The van der Waals surface area contributed by atoms with Gasteiger partial charge in [-0.05, 0) is 30.2 Å². The Balaban J connectivity index is 1.71. The number of rotatable bonds is 5. The van der Waals surface area contributed by atoms with Gasteiger partial charge >= 0.3 is 0 Å². The predicted molar refractivity (Wildman–Crippen MR) is 113 cm³/mol. The predicted octanol–water partition coefficient (Wildman–Crippen LogP) is 4.60. The van der Waals surface area contributed by atoms with Gasteiger partial charge in [-0.2, -0.15) is 0 Å². The van der Waals surface area contributed by atoms with Crippen LogP contribution in [0.5, 0.6) is 0 Å². The van der Waals surface area contributed by atoms with E-state index in [-0.39, 0.29) is 4.90 Å². The Hall–Kier alpha value is -3.18. The lowest BCUT2D eigenvalue weighted by atomic mass is 9.84. The fourth-order valence-electron chi connectivity index (χ4n) is 3.53. The molecule has 0 spiro atoms. The summed E-state index contributed by atoms with van der Waals surface area (Å²) in [5, 5.41) is 0. The maximum Gasteiger partial charge on any atom is 0.267 e. The van der Waals surface area contributed by atoms with Crippen LogP contribution in [0.4, 0.5) is 0 Å². The smallest absolute Gasteiger partial charge is 0.267 e. The Kier molecular flexibility index (Phi) is 5.07. The molecule has 0 bridgehead atoms. The maximum absolute atomic E-state index is 13.2. The molecule has 0 unspecified atom stereocenters. The minimum absolute atomic E-state index is 0.128. The third kappa shape index (κ3) is 3.61. The molecule has 29 heavy (non-hydrogen) atoms. The first-order valence-corrected chi connectivity index (χ1v) is 10.9. The summed E-state index contributed by atoms with van der Waals surface area (Å²) in [7, 11) is -3.93. The molecular formula is C24H21NO3S. The fraction of sp³-hybridized carbons (Fsp3) is 0.125. The molecule has 1 fully saturated rings. The molecule has 0 saturated carbocycles. The summed E-state index contributed by atoms with van der Waals surface area (Å²) >= 11 is 0. The molecule has 146 valence electrons. The Morgan fingerprint density at radius 2 is 1.41 bits per heavy atom. The van der Waals surface area contributed by atoms with Crippen molar-refractivity contribution in [1.82, 2.24) is 4.31 Å². The van der Waals surface area contributed by atoms with Gasteiger partial charge in [0.15, 0.2) is 0 Å². The highest BCUT2D eigenvalue weighted by atomic mass is 32.2. The molecule has 1 aliphatic heterocycles. The number of amides is 1. The fourth-order valence-corrected chi connectivity index (χ4v) is 5.15. The van der Waals surface area contributed by atoms with Crippen LogP contribution in [0.25, 0.3) is 6.08 Å². The molecule has 0 aliphatic carbocycles. The molecule has 3 aromatic carbocycles. The number of benzene rings is 3. The molecule has 4 nitrogen and oxygen atoms in total. The molecule has 4 rings (SSSR count). The average Bonchev–Trinajstić information content (AvgIpc) is 2.73. The van der Waals surface area contributed by atoms with Crippen molar-refractivity contribution in [3.8, 4) is 0 Å². The Morgan fingerprint density at radius 1 is 0.828 bits per heavy atom. The summed E-state index contributed by atoms with van der Waals surface area (Å²) in [5.74, 6) is -0.940. The standard InChI is InChI=1S/C24H21NO3S/c1-18-12-15-21(16-13-18)29(27,28)25-23(20-10-6-3-7-11-20)22(24(25)26)17-14-19-8-4-2-5-9-19/h2-17,22-23H,1H3/b17-14+/t22-,23+/m0/s1. The van der Waals surface area contributed by atoms with Gasteiger partial charge < -0.3 is 0 Å². The number of β-lactam (4-membered cyclic amide) rings is 1. The highest BCUT2D eigenvalue weighted by Crippen LogP contribution is 2.44. The van der Waals surface area contributed by atoms with E-state index in [1.54, 1.807) is 30.3 Å². The third-order valence-electron chi connectivity index (χ3n) is 5.11. The topological polar surface area (TPSA) is 54.5 Å². The quantitative estimate of drug-likeness (QED) is 0.585. The molecule has 2 atom stereocenters. The molecule has 1 heterocycles. The minimum Gasteiger partial charge on any atom is -0.273 e. The number of carbonyl (C=O) groups is 1. The monoisotopic (exact) mass is 403 g/mol. The van der Waals surface area contributed by atoms with Crippen molar-refractivity contribution in [2.75, 3.05) is 0 Å². The minimum atomic E-state index is -3.93. The number of nitrogens with zero attached hydrogens (tertiary/aromatic N) is 1. The van der Waals surface area contributed by atoms with Crippen molar-refractivity contribution in [3.05, 3.63) is 108 Å². The van der Waals surface area contributed by atoms with E-state index in [4.69, 9.17) is 0 Å². The van der Waals surface area contributed by atoms with Crippen LogP contribution >= 0.6 is 0 Å². The first kappa shape index (κ1) is 19.2. The first-order chi connectivity index (χ1) is 14.0. The van der Waals surface area contributed by atoms with Crippen LogP contribution < -0.4 is 0 Å². The van der Waals surface area contributed by atoms with Crippen molar-refractivity contribution in [1.29, 1.82) is 0 Å². The Labute approximate surface area is 171 Å². The van der Waals surface area contributed by atoms with Crippen LogP contribution in [0.3, 0.4) is 0 Å². The molecule has 3 aromatic rings. The van der Waals surface area contributed by atoms with Gasteiger partial charge in [0, 0.05) is 0 Å². The second-order valence-electron chi connectivity index (χ2n) is 7.10. The summed E-state index contributed by atoms with van der Waals surface area (Å²) in [6.45, 7) is 1.89. The lowest BCUT2D eigenvalue weighted by Gasteiger charge is -2.45. The summed E-state index contributed by atoms with van der Waals surface area (Å²) in [6, 6.07) is 25.0. The van der Waals surface area contributed by atoms with E-state index in [1.165, 1.54) is 0 Å². The number of hydrogen-bond donors (Lipinski definition) is 0. The van der Waals surface area contributed by atoms with Gasteiger partial charge in [0.2, 0.25) is 5.91 Å². The van der Waals surface area contributed by atoms with E-state index in [2.05, 4.69) is 0 Å². The van der Waals surface area contributed by atoms with E-state index < -0.39 is 27.9 Å². The van der Waals surface area contributed by atoms with E-state index in [0.29, 0.717) is 0 Å². The summed E-state index contributed by atoms with van der Waals surface area (Å²) < 4.78 is 27.5. The molecule has 5 heteroatoms. The van der Waals surface area contributed by atoms with Gasteiger partial charge in [-0.25, -0.2) is 12.7 Å². The van der Waals surface area contributed by atoms with Crippen LogP contribution in [0.15, 0.2) is 95.9 Å². The van der Waals surface area contributed by atoms with Gasteiger partial charge in [0.25, 0.3) is 10.0 Å². The average molecular weight is 404 g/mol. The van der Waals surface area contributed by atoms with E-state index in [9.17, 15) is 13.2 Å². The molecule has 0 N–H and O–H groups in total. The van der Waals surface area contributed by atoms with Crippen LogP contribution in [-0.2, 0) is 14.8 Å². The summed E-state index contributed by atoms with van der Waals surface area (Å²) in [5.41, 5.74) is 2.72. The van der Waals surface area contributed by atoms with E-state index in [0.717, 1.165) is 21.0 Å². The number of carbonyl (C=O) groups excluding carboxylic acids is 1. The van der Waals surface area contributed by atoms with E-state index in [1.807, 2.05) is 73.7 Å². The molecule has 1 saturated heterocycles. The van der Waals surface area contributed by atoms with Crippen LogP contribution in [0, 0.1) is 12.8 Å². The number of sulfonamides is 1. The van der Waals surface area contributed by atoms with Crippen molar-refractivity contribution in [3.63, 3.8) is 0 Å². The zero-order valence-corrected chi connectivity index (χ0v) is 16.8. The highest BCUT2D eigenvalue weighted by molar-refractivity contribution is 7.89. The lowest BCUT2D eigenvalue weighted by Crippen LogP contribution is -2.56. The molecule has 1 amide bonds. The Morgan fingerprint density at radius 3 is 2.03 bits per heavy atom. The van der Waals surface area contributed by atoms with Crippen molar-refractivity contribution in [2.45, 2.75) is 17.9 Å².